The number of likely N-dealkylation sites (tertiary alicyclic amines) is 1. The van der Waals surface area contributed by atoms with Crippen molar-refractivity contribution in [3.8, 4) is 0 Å². The summed E-state index contributed by atoms with van der Waals surface area (Å²) >= 11 is 0. The SMILES string of the molecule is COC[C@@]1(CN)CCCN1C(=O)OC(C)(C)C. The molecule has 2 N–H and O–H groups in total. The van der Waals surface area contributed by atoms with Crippen LogP contribution in [-0.2, 0) is 9.47 Å². The van der Waals surface area contributed by atoms with E-state index in [0.29, 0.717) is 19.7 Å². The first-order valence-corrected chi connectivity index (χ1v) is 6.04. The third-order valence-electron chi connectivity index (χ3n) is 3.00. The molecule has 5 nitrogen and oxygen atoms in total. The second kappa shape index (κ2) is 5.23. The highest BCUT2D eigenvalue weighted by Crippen LogP contribution is 2.30. The molecule has 0 bridgehead atoms. The molecule has 0 aromatic rings. The third kappa shape index (κ3) is 3.33. The fourth-order valence-electron chi connectivity index (χ4n) is 2.23. The van der Waals surface area contributed by atoms with Crippen LogP contribution in [0.2, 0.25) is 0 Å². The van der Waals surface area contributed by atoms with E-state index in [1.807, 2.05) is 20.8 Å². The van der Waals surface area contributed by atoms with Crippen LogP contribution in [0.25, 0.3) is 0 Å². The number of carbonyl (C=O) groups is 1. The molecule has 0 unspecified atom stereocenters. The Morgan fingerprint density at radius 2 is 2.12 bits per heavy atom. The Morgan fingerprint density at radius 3 is 2.59 bits per heavy atom. The lowest BCUT2D eigenvalue weighted by atomic mass is 9.98. The number of methoxy groups -OCH3 is 1. The van der Waals surface area contributed by atoms with Gasteiger partial charge in [-0.25, -0.2) is 4.79 Å². The molecule has 1 aliphatic heterocycles. The molecule has 1 rings (SSSR count). The van der Waals surface area contributed by atoms with Gasteiger partial charge in [-0.05, 0) is 33.6 Å². The molecule has 1 saturated heterocycles. The summed E-state index contributed by atoms with van der Waals surface area (Å²) in [5, 5.41) is 0. The van der Waals surface area contributed by atoms with E-state index in [1.54, 1.807) is 12.0 Å². The molecule has 0 spiro atoms. The Morgan fingerprint density at radius 1 is 1.47 bits per heavy atom. The van der Waals surface area contributed by atoms with Crippen molar-refractivity contribution in [3.63, 3.8) is 0 Å². The lowest BCUT2D eigenvalue weighted by Crippen LogP contribution is -2.56. The van der Waals surface area contributed by atoms with Crippen molar-refractivity contribution in [3.05, 3.63) is 0 Å². The Balaban J connectivity index is 2.77. The van der Waals surface area contributed by atoms with Crippen LogP contribution in [0.3, 0.4) is 0 Å². The monoisotopic (exact) mass is 244 g/mol. The first-order valence-electron chi connectivity index (χ1n) is 6.04. The Hall–Kier alpha value is -0.810. The maximum atomic E-state index is 12.1. The number of rotatable bonds is 3. The first-order chi connectivity index (χ1) is 7.84. The summed E-state index contributed by atoms with van der Waals surface area (Å²) in [4.78, 5) is 13.8. The minimum absolute atomic E-state index is 0.294. The molecule has 5 heteroatoms. The van der Waals surface area contributed by atoms with Crippen LogP contribution in [0, 0.1) is 0 Å². The molecule has 0 saturated carbocycles. The Labute approximate surface area is 103 Å². The van der Waals surface area contributed by atoms with Crippen molar-refractivity contribution >= 4 is 6.09 Å². The van der Waals surface area contributed by atoms with Crippen molar-refractivity contribution in [1.29, 1.82) is 0 Å². The van der Waals surface area contributed by atoms with Crippen molar-refractivity contribution in [2.45, 2.75) is 44.8 Å². The van der Waals surface area contributed by atoms with Crippen LogP contribution in [0.15, 0.2) is 0 Å². The molecule has 1 heterocycles. The fourth-order valence-corrected chi connectivity index (χ4v) is 2.23. The van der Waals surface area contributed by atoms with E-state index in [-0.39, 0.29) is 6.09 Å². The maximum Gasteiger partial charge on any atom is 0.410 e. The highest BCUT2D eigenvalue weighted by molar-refractivity contribution is 5.69. The molecule has 0 aliphatic carbocycles. The molecule has 0 aromatic heterocycles. The molecular formula is C12H24N2O3. The predicted octanol–water partition coefficient (Wildman–Crippen LogP) is 1.36. The number of hydrogen-bond acceptors (Lipinski definition) is 4. The van der Waals surface area contributed by atoms with Crippen LogP contribution in [0.5, 0.6) is 0 Å². The van der Waals surface area contributed by atoms with Crippen LogP contribution >= 0.6 is 0 Å². The van der Waals surface area contributed by atoms with E-state index in [4.69, 9.17) is 15.2 Å². The molecule has 1 atom stereocenters. The van der Waals surface area contributed by atoms with Gasteiger partial charge in [-0.1, -0.05) is 0 Å². The largest absolute Gasteiger partial charge is 0.444 e. The molecule has 1 fully saturated rings. The second-order valence-electron chi connectivity index (χ2n) is 5.60. The van der Waals surface area contributed by atoms with Gasteiger partial charge in [0.1, 0.15) is 5.60 Å². The van der Waals surface area contributed by atoms with Gasteiger partial charge in [0.2, 0.25) is 0 Å². The molecule has 1 amide bonds. The van der Waals surface area contributed by atoms with Gasteiger partial charge in [-0.15, -0.1) is 0 Å². The summed E-state index contributed by atoms with van der Waals surface area (Å²) in [6, 6.07) is 0. The highest BCUT2D eigenvalue weighted by atomic mass is 16.6. The van der Waals surface area contributed by atoms with Gasteiger partial charge in [-0.2, -0.15) is 0 Å². The molecule has 0 radical (unpaired) electrons. The normalized spacial score (nSPS) is 25.1. The van der Waals surface area contributed by atoms with Crippen molar-refractivity contribution in [1.82, 2.24) is 4.90 Å². The molecular weight excluding hydrogens is 220 g/mol. The van der Waals surface area contributed by atoms with Gasteiger partial charge < -0.3 is 15.2 Å². The van der Waals surface area contributed by atoms with Crippen LogP contribution < -0.4 is 5.73 Å². The predicted molar refractivity (Wildman–Crippen MR) is 65.8 cm³/mol. The van der Waals surface area contributed by atoms with Crippen molar-refractivity contribution < 1.29 is 14.3 Å². The number of nitrogens with two attached hydrogens (primary N) is 1. The standard InChI is InChI=1S/C12H24N2O3/c1-11(2,3)17-10(15)14-7-5-6-12(14,8-13)9-16-4/h5-9,13H2,1-4H3/t12-/m0/s1. The van der Waals surface area contributed by atoms with Gasteiger partial charge in [0.25, 0.3) is 0 Å². The van der Waals surface area contributed by atoms with Gasteiger partial charge in [0.15, 0.2) is 0 Å². The zero-order valence-corrected chi connectivity index (χ0v) is 11.3. The number of ether oxygens (including phenoxy) is 2. The minimum Gasteiger partial charge on any atom is -0.444 e. The van der Waals surface area contributed by atoms with Gasteiger partial charge in [0, 0.05) is 20.2 Å². The topological polar surface area (TPSA) is 64.8 Å². The second-order valence-corrected chi connectivity index (χ2v) is 5.60. The lowest BCUT2D eigenvalue weighted by molar-refractivity contribution is -0.00833. The number of carbonyl (C=O) groups excluding carboxylic acids is 1. The zero-order valence-electron chi connectivity index (χ0n) is 11.3. The zero-order chi connectivity index (χ0) is 13.1. The van der Waals surface area contributed by atoms with E-state index in [0.717, 1.165) is 12.8 Å². The highest BCUT2D eigenvalue weighted by Gasteiger charge is 2.44. The summed E-state index contributed by atoms with van der Waals surface area (Å²) in [5.41, 5.74) is 4.95. The number of hydrogen-bond donors (Lipinski definition) is 1. The summed E-state index contributed by atoms with van der Waals surface area (Å²) in [7, 11) is 1.63. The van der Waals surface area contributed by atoms with E-state index in [2.05, 4.69) is 0 Å². The Bertz CT molecular complexity index is 275. The number of amides is 1. The average molecular weight is 244 g/mol. The smallest absolute Gasteiger partial charge is 0.410 e. The third-order valence-corrected chi connectivity index (χ3v) is 3.00. The lowest BCUT2D eigenvalue weighted by Gasteiger charge is -2.37. The summed E-state index contributed by atoms with van der Waals surface area (Å²) < 4.78 is 10.6. The Kier molecular flexibility index (Phi) is 4.38. The first kappa shape index (κ1) is 14.3. The van der Waals surface area contributed by atoms with Gasteiger partial charge in [0.05, 0.1) is 12.1 Å². The maximum absolute atomic E-state index is 12.1. The van der Waals surface area contributed by atoms with Gasteiger partial charge in [-0.3, -0.25) is 4.90 Å². The summed E-state index contributed by atoms with van der Waals surface area (Å²) in [6.07, 6.45) is 1.52. The molecule has 100 valence electrons. The van der Waals surface area contributed by atoms with E-state index >= 15 is 0 Å². The average Bonchev–Trinajstić information content (AvgIpc) is 2.60. The quantitative estimate of drug-likeness (QED) is 0.814. The van der Waals surface area contributed by atoms with E-state index in [9.17, 15) is 4.79 Å². The van der Waals surface area contributed by atoms with Gasteiger partial charge >= 0.3 is 6.09 Å². The minimum atomic E-state index is -0.479. The number of nitrogens with zero attached hydrogens (tertiary/aromatic N) is 1. The molecule has 0 aromatic carbocycles. The molecule has 17 heavy (non-hydrogen) atoms. The molecule has 1 aliphatic rings. The van der Waals surface area contributed by atoms with Crippen LogP contribution in [0.1, 0.15) is 33.6 Å². The summed E-state index contributed by atoms with van der Waals surface area (Å²) in [5.74, 6) is 0. The van der Waals surface area contributed by atoms with Crippen molar-refractivity contribution in [2.24, 2.45) is 5.73 Å². The van der Waals surface area contributed by atoms with E-state index < -0.39 is 11.1 Å². The van der Waals surface area contributed by atoms with Crippen molar-refractivity contribution in [2.75, 3.05) is 26.8 Å². The van der Waals surface area contributed by atoms with Crippen LogP contribution in [-0.4, -0.2) is 48.9 Å². The van der Waals surface area contributed by atoms with E-state index in [1.165, 1.54) is 0 Å². The summed E-state index contributed by atoms with van der Waals surface area (Å²) in [6.45, 7) is 7.14. The fraction of sp³-hybridized carbons (Fsp3) is 0.917. The van der Waals surface area contributed by atoms with Crippen LogP contribution in [0.4, 0.5) is 4.79 Å².